The Kier molecular flexibility index (Phi) is 21.8. The first kappa shape index (κ1) is 26.5. The van der Waals surface area contributed by atoms with Crippen LogP contribution >= 0.6 is 121 Å². The van der Waals surface area contributed by atoms with Gasteiger partial charge in [0.05, 0.1) is 5.92 Å². The van der Waals surface area contributed by atoms with Gasteiger partial charge in [-0.15, -0.1) is 0 Å². The summed E-state index contributed by atoms with van der Waals surface area (Å²) in [4.78, 5) is 23.4. The monoisotopic (exact) mass is 540 g/mol. The molecular weight excluding hydrogens is 525 g/mol. The van der Waals surface area contributed by atoms with Gasteiger partial charge in [-0.3, -0.25) is 9.59 Å². The summed E-state index contributed by atoms with van der Waals surface area (Å²) in [7, 11) is 18.4. The van der Waals surface area contributed by atoms with Gasteiger partial charge in [-0.05, 0) is 119 Å². The topological polar surface area (TPSA) is 34.1 Å². The van der Waals surface area contributed by atoms with E-state index in [0.717, 1.165) is 12.8 Å². The van der Waals surface area contributed by atoms with Gasteiger partial charge >= 0.3 is 0 Å². The number of thiol groups is 1. The average Bonchev–Trinajstić information content (AvgIpc) is 2.48. The van der Waals surface area contributed by atoms with Gasteiger partial charge in [0.1, 0.15) is 11.6 Å². The van der Waals surface area contributed by atoms with Gasteiger partial charge in [0.25, 0.3) is 0 Å². The normalized spacial score (nSPS) is 12.6. The standard InChI is InChI=1S/C9H16O2S12/c1-4-5-8(9(6(2)10)7(3)11)13-15-17-19-21-23-22-20-18-16-14-12/h8-9,12H,4-5H2,1-3H3. The second-order valence-corrected chi connectivity index (χ2v) is 23.0. The molecule has 0 N–H and O–H groups in total. The molecule has 0 radical (unpaired) electrons. The SMILES string of the molecule is CCCC(SSSSSSSSSSSS)C(C(C)=O)C(C)=O. The number of Topliss-reactive ketones (excluding diaryl/α,β-unsaturated/α-hetero) is 2. The Morgan fingerprint density at radius 1 is 0.826 bits per heavy atom. The lowest BCUT2D eigenvalue weighted by Crippen LogP contribution is -2.30. The molecule has 23 heavy (non-hydrogen) atoms. The summed E-state index contributed by atoms with van der Waals surface area (Å²) >= 11 is 4.04. The van der Waals surface area contributed by atoms with E-state index in [-0.39, 0.29) is 16.8 Å². The summed E-state index contributed by atoms with van der Waals surface area (Å²) in [5, 5.41) is 0.0721. The van der Waals surface area contributed by atoms with Crippen LogP contribution in [0.15, 0.2) is 0 Å². The highest BCUT2D eigenvalue weighted by molar-refractivity contribution is 9.54. The summed E-state index contributed by atoms with van der Waals surface area (Å²) in [6, 6.07) is 0. The molecule has 1 unspecified atom stereocenters. The van der Waals surface area contributed by atoms with E-state index in [1.54, 1.807) is 99.2 Å². The van der Waals surface area contributed by atoms with Crippen molar-refractivity contribution in [2.45, 2.75) is 38.9 Å². The minimum absolute atomic E-state index is 0.0187. The van der Waals surface area contributed by atoms with Crippen LogP contribution in [0.25, 0.3) is 0 Å². The molecule has 0 saturated carbocycles. The molecule has 0 aliphatic heterocycles. The minimum atomic E-state index is -0.466. The van der Waals surface area contributed by atoms with Crippen molar-refractivity contribution in [3.05, 3.63) is 0 Å². The van der Waals surface area contributed by atoms with E-state index < -0.39 is 5.92 Å². The Labute approximate surface area is 184 Å². The molecule has 136 valence electrons. The van der Waals surface area contributed by atoms with Crippen molar-refractivity contribution >= 4 is 132 Å². The van der Waals surface area contributed by atoms with Crippen LogP contribution in [0.3, 0.4) is 0 Å². The highest BCUT2D eigenvalue weighted by Crippen LogP contribution is 2.61. The van der Waals surface area contributed by atoms with E-state index in [1.807, 2.05) is 0 Å². The molecule has 0 spiro atoms. The first-order chi connectivity index (χ1) is 11.0. The Morgan fingerprint density at radius 3 is 1.65 bits per heavy atom. The number of carbonyl (C=O) groups is 2. The summed E-state index contributed by atoms with van der Waals surface area (Å²) in [5.41, 5.74) is 0. The summed E-state index contributed by atoms with van der Waals surface area (Å²) < 4.78 is 0. The molecule has 0 aliphatic carbocycles. The Bertz CT molecular complexity index is 316. The third-order valence-corrected chi connectivity index (χ3v) is 25.0. The van der Waals surface area contributed by atoms with Crippen LogP contribution in [0.2, 0.25) is 0 Å². The lowest BCUT2D eigenvalue weighted by Gasteiger charge is -2.21. The van der Waals surface area contributed by atoms with Gasteiger partial charge in [-0.1, -0.05) is 35.8 Å². The molecule has 0 heterocycles. The lowest BCUT2D eigenvalue weighted by atomic mass is 9.94. The first-order valence-corrected chi connectivity index (χ1v) is 21.3. The number of hydrogen-bond acceptors (Lipinski definition) is 14. The van der Waals surface area contributed by atoms with Gasteiger partial charge in [-0.2, -0.15) is 0 Å². The molecule has 2 nitrogen and oxygen atoms in total. The zero-order chi connectivity index (χ0) is 17.5. The van der Waals surface area contributed by atoms with Gasteiger partial charge in [-0.25, -0.2) is 0 Å². The summed E-state index contributed by atoms with van der Waals surface area (Å²) in [5.74, 6) is -0.504. The maximum atomic E-state index is 11.7. The van der Waals surface area contributed by atoms with E-state index in [9.17, 15) is 9.59 Å². The molecule has 0 bridgehead atoms. The Morgan fingerprint density at radius 2 is 1.26 bits per heavy atom. The molecule has 14 heteroatoms. The predicted molar refractivity (Wildman–Crippen MR) is 136 cm³/mol. The van der Waals surface area contributed by atoms with Crippen molar-refractivity contribution < 1.29 is 9.59 Å². The zero-order valence-electron chi connectivity index (χ0n) is 12.3. The molecule has 1 atom stereocenters. The maximum absolute atomic E-state index is 11.7. The van der Waals surface area contributed by atoms with Gasteiger partial charge in [0.2, 0.25) is 0 Å². The highest BCUT2D eigenvalue weighted by atomic mass is 34.0. The van der Waals surface area contributed by atoms with E-state index in [4.69, 9.17) is 0 Å². The predicted octanol–water partition coefficient (Wildman–Crippen LogP) is 9.01. The maximum Gasteiger partial charge on any atom is 0.141 e. The molecule has 0 aromatic rings. The number of carbonyl (C=O) groups excluding carboxylic acids is 2. The van der Waals surface area contributed by atoms with Crippen molar-refractivity contribution in [2.75, 3.05) is 0 Å². The molecule has 0 aromatic carbocycles. The quantitative estimate of drug-likeness (QED) is 0.0875. The van der Waals surface area contributed by atoms with Crippen LogP contribution < -0.4 is 0 Å². The number of hydrogen-bond donors (Lipinski definition) is 1. The molecule has 0 aromatic heterocycles. The molecule has 0 rings (SSSR count). The average molecular weight is 541 g/mol. The van der Waals surface area contributed by atoms with Crippen LogP contribution in [0.4, 0.5) is 0 Å². The fraction of sp³-hybridized carbons (Fsp3) is 0.778. The fourth-order valence-corrected chi connectivity index (χ4v) is 27.8. The molecule has 0 fully saturated rings. The van der Waals surface area contributed by atoms with E-state index in [0.29, 0.717) is 0 Å². The molecule has 0 aliphatic rings. The van der Waals surface area contributed by atoms with Crippen LogP contribution in [0.1, 0.15) is 33.6 Å². The van der Waals surface area contributed by atoms with Crippen molar-refractivity contribution in [1.29, 1.82) is 0 Å². The largest absolute Gasteiger partial charge is 0.299 e. The van der Waals surface area contributed by atoms with Crippen LogP contribution in [0, 0.1) is 5.92 Å². The van der Waals surface area contributed by atoms with Gasteiger partial charge in [0.15, 0.2) is 0 Å². The second kappa shape index (κ2) is 18.9. The lowest BCUT2D eigenvalue weighted by molar-refractivity contribution is -0.130. The molecule has 0 amide bonds. The second-order valence-electron chi connectivity index (χ2n) is 3.81. The van der Waals surface area contributed by atoms with E-state index >= 15 is 0 Å². The smallest absolute Gasteiger partial charge is 0.141 e. The third-order valence-electron chi connectivity index (χ3n) is 2.24. The van der Waals surface area contributed by atoms with Crippen molar-refractivity contribution in [3.63, 3.8) is 0 Å². The van der Waals surface area contributed by atoms with Crippen molar-refractivity contribution in [3.8, 4) is 0 Å². The van der Waals surface area contributed by atoms with Crippen LogP contribution in [-0.2, 0) is 9.59 Å². The first-order valence-electron chi connectivity index (χ1n) is 6.02. The summed E-state index contributed by atoms with van der Waals surface area (Å²) in [6.07, 6.45) is 1.87. The number of ketones is 2. The highest BCUT2D eigenvalue weighted by Gasteiger charge is 2.29. The number of rotatable bonds is 16. The minimum Gasteiger partial charge on any atom is -0.299 e. The van der Waals surface area contributed by atoms with Crippen molar-refractivity contribution in [2.24, 2.45) is 5.92 Å². The van der Waals surface area contributed by atoms with Crippen LogP contribution in [0.5, 0.6) is 0 Å². The Hall–Kier alpha value is 3.54. The van der Waals surface area contributed by atoms with E-state index in [2.05, 4.69) is 18.6 Å². The zero-order valence-corrected chi connectivity index (χ0v) is 22.2. The third kappa shape index (κ3) is 15.2. The van der Waals surface area contributed by atoms with E-state index in [1.165, 1.54) is 23.7 Å². The molecular formula is C9H16O2S12. The van der Waals surface area contributed by atoms with Crippen LogP contribution in [-0.4, -0.2) is 16.8 Å². The van der Waals surface area contributed by atoms with Gasteiger partial charge < -0.3 is 0 Å². The van der Waals surface area contributed by atoms with Gasteiger partial charge in [0, 0.05) is 5.25 Å². The molecule has 0 saturated heterocycles. The fourth-order valence-electron chi connectivity index (χ4n) is 1.52. The Balaban J connectivity index is 3.84. The summed E-state index contributed by atoms with van der Waals surface area (Å²) in [6.45, 7) is 5.12. The van der Waals surface area contributed by atoms with Crippen molar-refractivity contribution in [1.82, 2.24) is 0 Å².